The van der Waals surface area contributed by atoms with E-state index in [-0.39, 0.29) is 23.8 Å². The van der Waals surface area contributed by atoms with Crippen LogP contribution in [0.4, 0.5) is 0 Å². The second kappa shape index (κ2) is 11.1. The van der Waals surface area contributed by atoms with Crippen LogP contribution in [-0.4, -0.2) is 62.9 Å². The highest BCUT2D eigenvalue weighted by Crippen LogP contribution is 2.43. The van der Waals surface area contributed by atoms with Crippen LogP contribution in [0.1, 0.15) is 75.8 Å². The lowest BCUT2D eigenvalue weighted by Gasteiger charge is -2.41. The average molecular weight is 528 g/mol. The summed E-state index contributed by atoms with van der Waals surface area (Å²) in [5.74, 6) is 1.31. The van der Waals surface area contributed by atoms with Crippen LogP contribution in [-0.2, 0) is 16.0 Å². The Labute approximate surface area is 231 Å². The number of nitrogens with one attached hydrogen (secondary N) is 1. The Bertz CT molecular complexity index is 1300. The van der Waals surface area contributed by atoms with Crippen LogP contribution >= 0.6 is 0 Å². The molecular formula is C32H41N5O2. The van der Waals surface area contributed by atoms with Crippen molar-refractivity contribution in [1.29, 1.82) is 0 Å². The number of rotatable bonds is 9. The van der Waals surface area contributed by atoms with Crippen molar-refractivity contribution in [2.24, 2.45) is 5.92 Å². The lowest BCUT2D eigenvalue weighted by molar-refractivity contribution is -0.143. The van der Waals surface area contributed by atoms with E-state index in [2.05, 4.69) is 70.2 Å². The molecule has 39 heavy (non-hydrogen) atoms. The van der Waals surface area contributed by atoms with E-state index in [9.17, 15) is 9.59 Å². The average Bonchev–Trinajstić information content (AvgIpc) is 3.43. The maximum absolute atomic E-state index is 13.1. The topological polar surface area (TPSA) is 70.5 Å². The first-order valence-electron chi connectivity index (χ1n) is 14.9. The summed E-state index contributed by atoms with van der Waals surface area (Å²) in [6.07, 6.45) is 7.17. The van der Waals surface area contributed by atoms with E-state index in [0.717, 1.165) is 43.3 Å². The summed E-state index contributed by atoms with van der Waals surface area (Å²) >= 11 is 0. The smallest absolute Gasteiger partial charge is 0.227 e. The highest BCUT2D eigenvalue weighted by atomic mass is 16.2. The van der Waals surface area contributed by atoms with Crippen molar-refractivity contribution in [3.63, 3.8) is 0 Å². The number of carbonyl (C=O) groups is 2. The van der Waals surface area contributed by atoms with Crippen molar-refractivity contribution in [3.05, 3.63) is 66.0 Å². The third-order valence-corrected chi connectivity index (χ3v) is 9.31. The SMILES string of the molecule is CCC(=O)N1CC(C(=O)N[C@@H](CCN2[C@@H]3CC[C@H]2CC(n2c(CC)nc4ccccc42)C3)c2ccccc2)C1. The van der Waals surface area contributed by atoms with Gasteiger partial charge in [0.15, 0.2) is 0 Å². The summed E-state index contributed by atoms with van der Waals surface area (Å²) in [5, 5.41) is 3.35. The number of aromatic nitrogens is 2. The maximum atomic E-state index is 13.1. The fourth-order valence-corrected chi connectivity index (χ4v) is 7.22. The summed E-state index contributed by atoms with van der Waals surface area (Å²) in [5.41, 5.74) is 3.54. The lowest BCUT2D eigenvalue weighted by atomic mass is 9.94. The van der Waals surface area contributed by atoms with E-state index in [1.54, 1.807) is 4.90 Å². The number of imidazole rings is 1. The quantitative estimate of drug-likeness (QED) is 0.431. The Balaban J connectivity index is 1.12. The van der Waals surface area contributed by atoms with E-state index in [4.69, 9.17) is 4.98 Å². The highest BCUT2D eigenvalue weighted by Gasteiger charge is 2.42. The summed E-state index contributed by atoms with van der Waals surface area (Å²) < 4.78 is 2.54. The first-order valence-corrected chi connectivity index (χ1v) is 14.9. The van der Waals surface area contributed by atoms with Gasteiger partial charge in [-0.25, -0.2) is 4.98 Å². The number of hydrogen-bond acceptors (Lipinski definition) is 4. The van der Waals surface area contributed by atoms with Crippen LogP contribution in [0.25, 0.3) is 11.0 Å². The number of benzene rings is 2. The number of aryl methyl sites for hydroxylation is 1. The third-order valence-electron chi connectivity index (χ3n) is 9.31. The largest absolute Gasteiger partial charge is 0.349 e. The predicted molar refractivity (Wildman–Crippen MR) is 153 cm³/mol. The third kappa shape index (κ3) is 5.09. The van der Waals surface area contributed by atoms with Crippen molar-refractivity contribution in [2.75, 3.05) is 19.6 Å². The molecule has 6 rings (SSSR count). The van der Waals surface area contributed by atoms with Gasteiger partial charge in [0, 0.05) is 50.6 Å². The standard InChI is InChI=1S/C32H41N5O2/c1-3-30-33-28-12-8-9-13-29(28)37(30)26-18-24-14-15-25(19-26)36(24)17-16-27(22-10-6-5-7-11-22)34-32(39)23-20-35(21-23)31(38)4-2/h5-13,23-27H,3-4,14-21H2,1-2H3,(H,34,39)/t24-,25+,26?,27-/m0/s1. The minimum absolute atomic E-state index is 0.0176. The predicted octanol–water partition coefficient (Wildman–Crippen LogP) is 4.88. The van der Waals surface area contributed by atoms with Crippen molar-refractivity contribution in [3.8, 4) is 0 Å². The Hall–Kier alpha value is -3.19. The zero-order valence-electron chi connectivity index (χ0n) is 23.3. The number of carbonyl (C=O) groups excluding carboxylic acids is 2. The van der Waals surface area contributed by atoms with Crippen LogP contribution in [0.3, 0.4) is 0 Å². The van der Waals surface area contributed by atoms with Crippen molar-refractivity contribution < 1.29 is 9.59 Å². The number of likely N-dealkylation sites (tertiary alicyclic amines) is 1. The molecule has 206 valence electrons. The molecule has 2 aromatic carbocycles. The molecular weight excluding hydrogens is 486 g/mol. The Morgan fingerprint density at radius 2 is 1.64 bits per heavy atom. The molecule has 3 aliphatic rings. The van der Waals surface area contributed by atoms with Gasteiger partial charge in [-0.2, -0.15) is 0 Å². The number of piperidine rings is 1. The molecule has 1 unspecified atom stereocenters. The highest BCUT2D eigenvalue weighted by molar-refractivity contribution is 5.84. The van der Waals surface area contributed by atoms with Gasteiger partial charge in [0.25, 0.3) is 0 Å². The molecule has 3 saturated heterocycles. The molecule has 7 heteroatoms. The minimum Gasteiger partial charge on any atom is -0.349 e. The number of hydrogen-bond donors (Lipinski definition) is 1. The summed E-state index contributed by atoms with van der Waals surface area (Å²) in [6.45, 7) is 6.15. The molecule has 1 N–H and O–H groups in total. The Morgan fingerprint density at radius 1 is 0.949 bits per heavy atom. The van der Waals surface area contributed by atoms with E-state index in [1.807, 2.05) is 13.0 Å². The molecule has 7 nitrogen and oxygen atoms in total. The number of fused-ring (bicyclic) bond motifs is 3. The molecule has 1 aromatic heterocycles. The first kappa shape index (κ1) is 26.1. The van der Waals surface area contributed by atoms with Gasteiger partial charge in [-0.3, -0.25) is 14.5 Å². The molecule has 3 fully saturated rings. The first-order chi connectivity index (χ1) is 19.1. The zero-order valence-corrected chi connectivity index (χ0v) is 23.3. The van der Waals surface area contributed by atoms with Gasteiger partial charge in [0.2, 0.25) is 11.8 Å². The molecule has 3 aromatic rings. The zero-order chi connectivity index (χ0) is 26.9. The fraction of sp³-hybridized carbons (Fsp3) is 0.531. The molecule has 4 atom stereocenters. The molecule has 0 aliphatic carbocycles. The van der Waals surface area contributed by atoms with Gasteiger partial charge in [0.05, 0.1) is 23.0 Å². The minimum atomic E-state index is -0.101. The van der Waals surface area contributed by atoms with Gasteiger partial charge in [-0.15, -0.1) is 0 Å². The molecule has 4 heterocycles. The second-order valence-electron chi connectivity index (χ2n) is 11.6. The molecule has 3 aliphatic heterocycles. The molecule has 2 amide bonds. The van der Waals surface area contributed by atoms with Crippen molar-refractivity contribution in [2.45, 2.75) is 83.0 Å². The van der Waals surface area contributed by atoms with Crippen LogP contribution in [0, 0.1) is 5.92 Å². The summed E-state index contributed by atoms with van der Waals surface area (Å²) in [6, 6.07) is 20.6. The van der Waals surface area contributed by atoms with E-state index < -0.39 is 0 Å². The fourth-order valence-electron chi connectivity index (χ4n) is 7.22. The normalized spacial score (nSPS) is 24.1. The molecule has 2 bridgehead atoms. The van der Waals surface area contributed by atoms with Gasteiger partial charge in [-0.1, -0.05) is 56.3 Å². The van der Waals surface area contributed by atoms with Gasteiger partial charge >= 0.3 is 0 Å². The number of nitrogens with zero attached hydrogens (tertiary/aromatic N) is 4. The summed E-state index contributed by atoms with van der Waals surface area (Å²) in [7, 11) is 0. The summed E-state index contributed by atoms with van der Waals surface area (Å²) in [4.78, 5) is 34.5. The monoisotopic (exact) mass is 527 g/mol. The lowest BCUT2D eigenvalue weighted by Crippen LogP contribution is -2.56. The Kier molecular flexibility index (Phi) is 7.43. The Morgan fingerprint density at radius 3 is 2.33 bits per heavy atom. The molecule has 0 saturated carbocycles. The van der Waals surface area contributed by atoms with Crippen LogP contribution in [0.15, 0.2) is 54.6 Å². The number of para-hydroxylation sites is 2. The van der Waals surface area contributed by atoms with Crippen molar-refractivity contribution >= 4 is 22.8 Å². The van der Waals surface area contributed by atoms with Crippen molar-refractivity contribution in [1.82, 2.24) is 24.7 Å². The van der Waals surface area contributed by atoms with Gasteiger partial charge in [-0.05, 0) is 49.8 Å². The van der Waals surface area contributed by atoms with Crippen LogP contribution < -0.4 is 5.32 Å². The van der Waals surface area contributed by atoms with Crippen LogP contribution in [0.5, 0.6) is 0 Å². The van der Waals surface area contributed by atoms with Gasteiger partial charge in [0.1, 0.15) is 5.82 Å². The second-order valence-corrected chi connectivity index (χ2v) is 11.6. The number of amides is 2. The van der Waals surface area contributed by atoms with E-state index in [0.29, 0.717) is 37.6 Å². The van der Waals surface area contributed by atoms with Crippen LogP contribution in [0.2, 0.25) is 0 Å². The van der Waals surface area contributed by atoms with E-state index in [1.165, 1.54) is 24.2 Å². The van der Waals surface area contributed by atoms with Gasteiger partial charge < -0.3 is 14.8 Å². The molecule has 0 radical (unpaired) electrons. The molecule has 0 spiro atoms. The van der Waals surface area contributed by atoms with E-state index >= 15 is 0 Å². The maximum Gasteiger partial charge on any atom is 0.227 e.